The number of carbonyl (C=O) groups excluding carboxylic acids is 1. The van der Waals surface area contributed by atoms with Crippen molar-refractivity contribution in [2.75, 3.05) is 13.2 Å². The number of carbonyl (C=O) groups is 1. The lowest BCUT2D eigenvalue weighted by molar-refractivity contribution is 0.0847. The number of aliphatic hydroxyl groups is 1. The number of hydrogen-bond acceptors (Lipinski definition) is 5. The summed E-state index contributed by atoms with van der Waals surface area (Å²) in [5.41, 5.74) is 5.62. The normalized spacial score (nSPS) is 11.6. The monoisotopic (exact) mass is 271 g/mol. The van der Waals surface area contributed by atoms with Crippen molar-refractivity contribution in [2.24, 2.45) is 11.1 Å². The van der Waals surface area contributed by atoms with Crippen LogP contribution < -0.4 is 11.1 Å². The van der Waals surface area contributed by atoms with Crippen molar-refractivity contribution in [1.82, 2.24) is 10.3 Å². The van der Waals surface area contributed by atoms with Crippen molar-refractivity contribution in [3.63, 3.8) is 0 Å². The number of thiazole rings is 1. The first kappa shape index (κ1) is 15.1. The molecule has 1 rings (SSSR count). The van der Waals surface area contributed by atoms with Crippen molar-refractivity contribution in [1.29, 1.82) is 0 Å². The third-order valence-corrected chi connectivity index (χ3v) is 4.29. The summed E-state index contributed by atoms with van der Waals surface area (Å²) in [4.78, 5) is 16.0. The van der Waals surface area contributed by atoms with Crippen molar-refractivity contribution in [2.45, 2.75) is 33.2 Å². The summed E-state index contributed by atoms with van der Waals surface area (Å²) < 4.78 is 0. The molecule has 5 nitrogen and oxygen atoms in total. The second-order valence-electron chi connectivity index (χ2n) is 4.38. The van der Waals surface area contributed by atoms with E-state index in [2.05, 4.69) is 10.3 Å². The van der Waals surface area contributed by atoms with E-state index in [1.165, 1.54) is 11.3 Å². The van der Waals surface area contributed by atoms with Gasteiger partial charge in [-0.3, -0.25) is 4.79 Å². The first-order valence-electron chi connectivity index (χ1n) is 6.14. The van der Waals surface area contributed by atoms with Gasteiger partial charge in [-0.2, -0.15) is 0 Å². The van der Waals surface area contributed by atoms with Crippen molar-refractivity contribution in [3.8, 4) is 0 Å². The highest BCUT2D eigenvalue weighted by Gasteiger charge is 2.26. The van der Waals surface area contributed by atoms with E-state index in [-0.39, 0.29) is 17.9 Å². The Morgan fingerprint density at radius 2 is 2.22 bits per heavy atom. The largest absolute Gasteiger partial charge is 0.396 e. The van der Waals surface area contributed by atoms with E-state index in [9.17, 15) is 9.90 Å². The van der Waals surface area contributed by atoms with Crippen LogP contribution in [0.3, 0.4) is 0 Å². The summed E-state index contributed by atoms with van der Waals surface area (Å²) in [5.74, 6) is -0.203. The van der Waals surface area contributed by atoms with Crippen molar-refractivity contribution < 1.29 is 9.90 Å². The second kappa shape index (κ2) is 6.82. The number of hydrogen-bond donors (Lipinski definition) is 3. The fourth-order valence-electron chi connectivity index (χ4n) is 1.65. The molecule has 0 saturated carbocycles. The summed E-state index contributed by atoms with van der Waals surface area (Å²) in [6.07, 6.45) is 1.65. The fraction of sp³-hybridized carbons (Fsp3) is 0.667. The Kier molecular flexibility index (Phi) is 5.71. The maximum Gasteiger partial charge on any atom is 0.270 e. The number of amides is 1. The van der Waals surface area contributed by atoms with Crippen LogP contribution in [0.1, 0.15) is 42.2 Å². The minimum Gasteiger partial charge on any atom is -0.396 e. The van der Waals surface area contributed by atoms with Gasteiger partial charge in [-0.05, 0) is 12.8 Å². The first-order chi connectivity index (χ1) is 8.60. The highest BCUT2D eigenvalue weighted by molar-refractivity contribution is 7.09. The van der Waals surface area contributed by atoms with Crippen LogP contribution in [0, 0.1) is 5.41 Å². The van der Waals surface area contributed by atoms with Crippen LogP contribution in [-0.4, -0.2) is 29.1 Å². The van der Waals surface area contributed by atoms with Gasteiger partial charge in [0.05, 0.1) is 6.61 Å². The van der Waals surface area contributed by atoms with Gasteiger partial charge in [0.2, 0.25) is 0 Å². The molecule has 102 valence electrons. The van der Waals surface area contributed by atoms with E-state index < -0.39 is 0 Å². The van der Waals surface area contributed by atoms with Crippen LogP contribution in [0.25, 0.3) is 0 Å². The molecule has 6 heteroatoms. The van der Waals surface area contributed by atoms with E-state index in [0.29, 0.717) is 18.8 Å². The molecule has 0 aliphatic heterocycles. The van der Waals surface area contributed by atoms with Crippen LogP contribution in [0.4, 0.5) is 0 Å². The number of nitrogens with one attached hydrogen (secondary N) is 1. The van der Waals surface area contributed by atoms with Gasteiger partial charge in [-0.15, -0.1) is 11.3 Å². The number of nitrogens with two attached hydrogens (primary N) is 1. The van der Waals surface area contributed by atoms with E-state index in [4.69, 9.17) is 5.73 Å². The predicted molar refractivity (Wildman–Crippen MR) is 72.4 cm³/mol. The van der Waals surface area contributed by atoms with Gasteiger partial charge in [-0.25, -0.2) is 4.98 Å². The summed E-state index contributed by atoms with van der Waals surface area (Å²) in [5, 5.41) is 14.7. The van der Waals surface area contributed by atoms with Crippen LogP contribution in [0.2, 0.25) is 0 Å². The molecule has 0 aromatic carbocycles. The van der Waals surface area contributed by atoms with Crippen molar-refractivity contribution in [3.05, 3.63) is 16.1 Å². The lowest BCUT2D eigenvalue weighted by Crippen LogP contribution is -2.39. The highest BCUT2D eigenvalue weighted by Crippen LogP contribution is 2.24. The molecule has 18 heavy (non-hydrogen) atoms. The number of nitrogens with zero attached hydrogens (tertiary/aromatic N) is 1. The van der Waals surface area contributed by atoms with E-state index >= 15 is 0 Å². The highest BCUT2D eigenvalue weighted by atomic mass is 32.1. The molecule has 1 aromatic heterocycles. The average Bonchev–Trinajstić information content (AvgIpc) is 2.89. The zero-order valence-corrected chi connectivity index (χ0v) is 11.7. The number of aromatic nitrogens is 1. The Balaban J connectivity index is 2.59. The van der Waals surface area contributed by atoms with Gasteiger partial charge >= 0.3 is 0 Å². The van der Waals surface area contributed by atoms with Crippen LogP contribution >= 0.6 is 11.3 Å². The van der Waals surface area contributed by atoms with Crippen molar-refractivity contribution >= 4 is 17.2 Å². The van der Waals surface area contributed by atoms with Gasteiger partial charge in [0.15, 0.2) is 0 Å². The van der Waals surface area contributed by atoms with Gasteiger partial charge in [-0.1, -0.05) is 13.8 Å². The lowest BCUT2D eigenvalue weighted by Gasteiger charge is -2.29. The molecule has 0 unspecified atom stereocenters. The molecule has 0 atom stereocenters. The molecular formula is C12H21N3O2S. The Labute approximate surface area is 111 Å². The summed E-state index contributed by atoms with van der Waals surface area (Å²) in [7, 11) is 0. The van der Waals surface area contributed by atoms with Crippen LogP contribution in [0.5, 0.6) is 0 Å². The average molecular weight is 271 g/mol. The Morgan fingerprint density at radius 1 is 1.56 bits per heavy atom. The summed E-state index contributed by atoms with van der Waals surface area (Å²) >= 11 is 1.38. The quantitative estimate of drug-likeness (QED) is 0.693. The van der Waals surface area contributed by atoms with E-state index in [1.54, 1.807) is 5.38 Å². The molecule has 4 N–H and O–H groups in total. The molecule has 1 aromatic rings. The standard InChI is InChI=1S/C12H21N3O2S/c1-3-12(4-2,8-16)7-14-11(17)9-6-18-10(5-13)15-9/h6,16H,3-5,7-8,13H2,1-2H3,(H,14,17). The molecule has 0 spiro atoms. The zero-order chi connectivity index (χ0) is 13.6. The fourth-order valence-corrected chi connectivity index (χ4v) is 2.30. The Bertz CT molecular complexity index is 380. The molecule has 0 radical (unpaired) electrons. The van der Waals surface area contributed by atoms with Gasteiger partial charge < -0.3 is 16.2 Å². The minimum atomic E-state index is -0.234. The molecule has 0 aliphatic rings. The smallest absolute Gasteiger partial charge is 0.270 e. The number of rotatable bonds is 7. The Hall–Kier alpha value is -0.980. The summed E-state index contributed by atoms with van der Waals surface area (Å²) in [6.45, 7) is 4.92. The van der Waals surface area contributed by atoms with Gasteiger partial charge in [0.1, 0.15) is 10.7 Å². The third kappa shape index (κ3) is 3.51. The van der Waals surface area contributed by atoms with Gasteiger partial charge in [0.25, 0.3) is 5.91 Å². The molecule has 0 saturated heterocycles. The second-order valence-corrected chi connectivity index (χ2v) is 5.32. The topological polar surface area (TPSA) is 88.2 Å². The molecule has 0 aliphatic carbocycles. The Morgan fingerprint density at radius 3 is 2.67 bits per heavy atom. The maximum absolute atomic E-state index is 11.9. The van der Waals surface area contributed by atoms with Crippen LogP contribution in [0.15, 0.2) is 5.38 Å². The van der Waals surface area contributed by atoms with Crippen LogP contribution in [-0.2, 0) is 6.54 Å². The molecule has 1 amide bonds. The molecular weight excluding hydrogens is 250 g/mol. The SMILES string of the molecule is CCC(CC)(CO)CNC(=O)c1csc(CN)n1. The minimum absolute atomic E-state index is 0.0748. The molecule has 0 bridgehead atoms. The number of aliphatic hydroxyl groups excluding tert-OH is 1. The predicted octanol–water partition coefficient (Wildman–Crippen LogP) is 1.13. The van der Waals surface area contributed by atoms with Gasteiger partial charge in [0, 0.05) is 23.9 Å². The third-order valence-electron chi connectivity index (χ3n) is 3.42. The summed E-state index contributed by atoms with van der Waals surface area (Å²) in [6, 6.07) is 0. The zero-order valence-electron chi connectivity index (χ0n) is 10.9. The first-order valence-corrected chi connectivity index (χ1v) is 7.02. The molecule has 1 heterocycles. The molecule has 0 fully saturated rings. The van der Waals surface area contributed by atoms with E-state index in [0.717, 1.165) is 17.8 Å². The van der Waals surface area contributed by atoms with E-state index in [1.807, 2.05) is 13.8 Å². The maximum atomic E-state index is 11.9. The lowest BCUT2D eigenvalue weighted by atomic mass is 9.83.